The zero-order valence-corrected chi connectivity index (χ0v) is 10.9. The van der Waals surface area contributed by atoms with E-state index in [1.54, 1.807) is 0 Å². The van der Waals surface area contributed by atoms with Crippen LogP contribution in [0.3, 0.4) is 0 Å². The van der Waals surface area contributed by atoms with Crippen LogP contribution in [0, 0.1) is 10.1 Å². The molecular weight excluding hydrogens is 304 g/mol. The van der Waals surface area contributed by atoms with Gasteiger partial charge in [-0.15, -0.1) is 0 Å². The molecule has 0 saturated heterocycles. The third-order valence-corrected chi connectivity index (χ3v) is 2.59. The maximum atomic E-state index is 11.7. The Hall–Kier alpha value is -3.01. The van der Waals surface area contributed by atoms with Crippen LogP contribution < -0.4 is 10.6 Å². The molecule has 108 valence electrons. The van der Waals surface area contributed by atoms with Gasteiger partial charge in [0, 0.05) is 12.1 Å². The summed E-state index contributed by atoms with van der Waals surface area (Å²) in [5.74, 6) is -2.11. The molecule has 11 heteroatoms. The summed E-state index contributed by atoms with van der Waals surface area (Å²) in [4.78, 5) is 36.8. The lowest BCUT2D eigenvalue weighted by molar-refractivity contribution is -0.384. The van der Waals surface area contributed by atoms with Gasteiger partial charge in [0.25, 0.3) is 5.69 Å². The Kier molecular flexibility index (Phi) is 4.09. The lowest BCUT2D eigenvalue weighted by atomic mass is 10.2. The number of amides is 2. The third-order valence-electron chi connectivity index (χ3n) is 2.26. The SMILES string of the molecule is O=C(Nc1ncn[nH]1)C(=O)Nc1cc([N+](=O)[O-])ccc1Cl. The molecule has 0 aliphatic carbocycles. The van der Waals surface area contributed by atoms with Crippen molar-refractivity contribution in [3.8, 4) is 0 Å². The summed E-state index contributed by atoms with van der Waals surface area (Å²) in [5.41, 5.74) is -0.325. The van der Waals surface area contributed by atoms with Crippen LogP contribution in [0.2, 0.25) is 5.02 Å². The van der Waals surface area contributed by atoms with Gasteiger partial charge in [0.05, 0.1) is 15.6 Å². The van der Waals surface area contributed by atoms with Gasteiger partial charge in [0.1, 0.15) is 6.33 Å². The molecular formula is C10H7ClN6O4. The standard InChI is InChI=1S/C10H7ClN6O4/c11-6-2-1-5(17(20)21)3-7(6)14-8(18)9(19)15-10-12-4-13-16-10/h1-4H,(H,14,18)(H2,12,13,15,16,19). The number of halogens is 1. The van der Waals surface area contributed by atoms with E-state index in [0.29, 0.717) is 0 Å². The minimum absolute atomic E-state index is 0.0136. The molecule has 3 N–H and O–H groups in total. The quantitative estimate of drug-likeness (QED) is 0.437. The minimum atomic E-state index is -1.06. The largest absolute Gasteiger partial charge is 0.316 e. The number of benzene rings is 1. The molecule has 0 aliphatic heterocycles. The van der Waals surface area contributed by atoms with Crippen molar-refractivity contribution in [3.63, 3.8) is 0 Å². The Balaban J connectivity index is 2.10. The Morgan fingerprint density at radius 3 is 2.62 bits per heavy atom. The smallest absolute Gasteiger partial charge is 0.316 e. The average molecular weight is 311 g/mol. The van der Waals surface area contributed by atoms with E-state index in [0.717, 1.165) is 12.4 Å². The molecule has 1 aromatic heterocycles. The Bertz CT molecular complexity index is 702. The summed E-state index contributed by atoms with van der Waals surface area (Å²) < 4.78 is 0. The number of carbonyl (C=O) groups is 2. The number of rotatable bonds is 3. The van der Waals surface area contributed by atoms with E-state index < -0.39 is 16.7 Å². The summed E-state index contributed by atoms with van der Waals surface area (Å²) in [6.45, 7) is 0. The number of anilines is 2. The number of non-ortho nitro benzene ring substituents is 1. The molecule has 2 aromatic rings. The monoisotopic (exact) mass is 310 g/mol. The molecule has 0 fully saturated rings. The maximum Gasteiger partial charge on any atom is 0.316 e. The molecule has 0 unspecified atom stereocenters. The molecule has 0 atom stereocenters. The summed E-state index contributed by atoms with van der Waals surface area (Å²) >= 11 is 5.79. The topological polar surface area (TPSA) is 143 Å². The number of nitrogens with one attached hydrogen (secondary N) is 3. The van der Waals surface area contributed by atoms with Crippen LogP contribution in [-0.2, 0) is 9.59 Å². The molecule has 0 bridgehead atoms. The molecule has 1 aromatic carbocycles. The molecule has 0 saturated carbocycles. The number of aromatic nitrogens is 3. The van der Waals surface area contributed by atoms with Gasteiger partial charge < -0.3 is 5.32 Å². The van der Waals surface area contributed by atoms with Gasteiger partial charge in [-0.05, 0) is 6.07 Å². The van der Waals surface area contributed by atoms with Gasteiger partial charge in [0.15, 0.2) is 0 Å². The number of nitrogens with zero attached hydrogens (tertiary/aromatic N) is 3. The number of hydrogen-bond acceptors (Lipinski definition) is 6. The number of H-pyrrole nitrogens is 1. The lowest BCUT2D eigenvalue weighted by Crippen LogP contribution is -2.29. The first-order chi connectivity index (χ1) is 9.97. The number of hydrogen-bond donors (Lipinski definition) is 3. The van der Waals surface area contributed by atoms with E-state index >= 15 is 0 Å². The number of aromatic amines is 1. The van der Waals surface area contributed by atoms with Crippen LogP contribution in [-0.4, -0.2) is 31.9 Å². The lowest BCUT2D eigenvalue weighted by Gasteiger charge is -2.06. The molecule has 0 radical (unpaired) electrons. The molecule has 0 aliphatic rings. The highest BCUT2D eigenvalue weighted by Gasteiger charge is 2.18. The molecule has 0 spiro atoms. The third kappa shape index (κ3) is 3.51. The second-order valence-corrected chi connectivity index (χ2v) is 4.07. The predicted octanol–water partition coefficient (Wildman–Crippen LogP) is 0.943. The normalized spacial score (nSPS) is 9.95. The molecule has 21 heavy (non-hydrogen) atoms. The fourth-order valence-electron chi connectivity index (χ4n) is 1.33. The van der Waals surface area contributed by atoms with E-state index in [-0.39, 0.29) is 22.3 Å². The molecule has 1 heterocycles. The first-order valence-electron chi connectivity index (χ1n) is 5.39. The van der Waals surface area contributed by atoms with Crippen LogP contribution in [0.25, 0.3) is 0 Å². The Morgan fingerprint density at radius 2 is 2.00 bits per heavy atom. The van der Waals surface area contributed by atoms with Crippen LogP contribution in [0.1, 0.15) is 0 Å². The van der Waals surface area contributed by atoms with Gasteiger partial charge in [-0.3, -0.25) is 25.0 Å². The summed E-state index contributed by atoms with van der Waals surface area (Å²) in [6.07, 6.45) is 1.14. The fourth-order valence-corrected chi connectivity index (χ4v) is 1.50. The Labute approximate surface area is 121 Å². The molecule has 2 amide bonds. The van der Waals surface area contributed by atoms with E-state index in [1.807, 2.05) is 0 Å². The van der Waals surface area contributed by atoms with Crippen LogP contribution in [0.4, 0.5) is 17.3 Å². The van der Waals surface area contributed by atoms with E-state index in [2.05, 4.69) is 25.8 Å². The zero-order chi connectivity index (χ0) is 15.4. The van der Waals surface area contributed by atoms with E-state index in [9.17, 15) is 19.7 Å². The average Bonchev–Trinajstić information content (AvgIpc) is 2.93. The van der Waals surface area contributed by atoms with Crippen molar-refractivity contribution < 1.29 is 14.5 Å². The van der Waals surface area contributed by atoms with Gasteiger partial charge in [-0.1, -0.05) is 11.6 Å². The number of nitro benzene ring substituents is 1. The van der Waals surface area contributed by atoms with Crippen molar-refractivity contribution >= 4 is 40.7 Å². The van der Waals surface area contributed by atoms with Crippen molar-refractivity contribution in [1.29, 1.82) is 0 Å². The van der Waals surface area contributed by atoms with Crippen LogP contribution in [0.5, 0.6) is 0 Å². The van der Waals surface area contributed by atoms with Crippen molar-refractivity contribution in [2.75, 3.05) is 10.6 Å². The molecule has 2 rings (SSSR count). The number of nitro groups is 1. The summed E-state index contributed by atoms with van der Waals surface area (Å²) in [6, 6.07) is 3.46. The second-order valence-electron chi connectivity index (χ2n) is 3.66. The van der Waals surface area contributed by atoms with Crippen molar-refractivity contribution in [2.24, 2.45) is 0 Å². The van der Waals surface area contributed by atoms with E-state index in [1.165, 1.54) is 12.1 Å². The highest BCUT2D eigenvalue weighted by Crippen LogP contribution is 2.26. The second kappa shape index (κ2) is 5.96. The summed E-state index contributed by atoms with van der Waals surface area (Å²) in [7, 11) is 0. The van der Waals surface area contributed by atoms with Crippen molar-refractivity contribution in [2.45, 2.75) is 0 Å². The van der Waals surface area contributed by atoms with Crippen molar-refractivity contribution in [3.05, 3.63) is 39.7 Å². The van der Waals surface area contributed by atoms with Gasteiger partial charge in [-0.25, -0.2) is 5.10 Å². The minimum Gasteiger partial charge on any atom is -0.316 e. The highest BCUT2D eigenvalue weighted by molar-refractivity contribution is 6.44. The van der Waals surface area contributed by atoms with Crippen LogP contribution in [0.15, 0.2) is 24.5 Å². The first kappa shape index (κ1) is 14.4. The first-order valence-corrected chi connectivity index (χ1v) is 5.77. The van der Waals surface area contributed by atoms with Crippen molar-refractivity contribution in [1.82, 2.24) is 15.2 Å². The maximum absolute atomic E-state index is 11.7. The number of carbonyl (C=O) groups excluding carboxylic acids is 2. The van der Waals surface area contributed by atoms with Gasteiger partial charge in [0.2, 0.25) is 5.95 Å². The van der Waals surface area contributed by atoms with Gasteiger partial charge in [-0.2, -0.15) is 10.1 Å². The zero-order valence-electron chi connectivity index (χ0n) is 10.2. The Morgan fingerprint density at radius 1 is 1.29 bits per heavy atom. The predicted molar refractivity (Wildman–Crippen MR) is 71.7 cm³/mol. The highest BCUT2D eigenvalue weighted by atomic mass is 35.5. The van der Waals surface area contributed by atoms with Crippen LogP contribution >= 0.6 is 11.6 Å². The van der Waals surface area contributed by atoms with Gasteiger partial charge >= 0.3 is 11.8 Å². The molecule has 10 nitrogen and oxygen atoms in total. The fraction of sp³-hybridized carbons (Fsp3) is 0. The summed E-state index contributed by atoms with van der Waals surface area (Å²) in [5, 5.41) is 20.8. The van der Waals surface area contributed by atoms with E-state index in [4.69, 9.17) is 11.6 Å².